The van der Waals surface area contributed by atoms with E-state index in [2.05, 4.69) is 28.5 Å². The molecule has 1 heterocycles. The number of aromatic amines is 1. The van der Waals surface area contributed by atoms with Gasteiger partial charge in [0.15, 0.2) is 0 Å². The van der Waals surface area contributed by atoms with Crippen LogP contribution in [0.15, 0.2) is 30.6 Å². The molecule has 2 N–H and O–H groups in total. The van der Waals surface area contributed by atoms with E-state index in [1.165, 1.54) is 0 Å². The predicted octanol–water partition coefficient (Wildman–Crippen LogP) is 1.98. The normalized spacial score (nSPS) is 10.5. The first-order chi connectivity index (χ1) is 8.31. The molecule has 4 nitrogen and oxygen atoms in total. The van der Waals surface area contributed by atoms with E-state index in [9.17, 15) is 0 Å². The fourth-order valence-corrected chi connectivity index (χ4v) is 1.66. The lowest BCUT2D eigenvalue weighted by molar-refractivity contribution is 0.316. The van der Waals surface area contributed by atoms with E-state index < -0.39 is 0 Å². The van der Waals surface area contributed by atoms with Gasteiger partial charge in [-0.05, 0) is 37.2 Å². The average Bonchev–Trinajstić information content (AvgIpc) is 2.85. The smallest absolute Gasteiger partial charge is 0.122 e. The molecular weight excluding hydrogens is 214 g/mol. The molecule has 90 valence electrons. The van der Waals surface area contributed by atoms with Crippen molar-refractivity contribution in [1.82, 2.24) is 15.5 Å². The quantitative estimate of drug-likeness (QED) is 0.774. The van der Waals surface area contributed by atoms with E-state index in [0.29, 0.717) is 6.61 Å². The Bertz CT molecular complexity index is 466. The number of H-pyrrole nitrogens is 1. The topological polar surface area (TPSA) is 49.9 Å². The molecule has 0 spiro atoms. The van der Waals surface area contributed by atoms with Crippen LogP contribution in [0.5, 0.6) is 5.75 Å². The second kappa shape index (κ2) is 5.50. The molecule has 0 bridgehead atoms. The van der Waals surface area contributed by atoms with Crippen LogP contribution in [0.25, 0.3) is 11.1 Å². The van der Waals surface area contributed by atoms with Crippen LogP contribution >= 0.6 is 0 Å². The van der Waals surface area contributed by atoms with Crippen molar-refractivity contribution in [2.75, 3.05) is 20.2 Å². The lowest BCUT2D eigenvalue weighted by atomic mass is 10.1. The van der Waals surface area contributed by atoms with Crippen LogP contribution in [0.1, 0.15) is 5.56 Å². The highest BCUT2D eigenvalue weighted by Crippen LogP contribution is 2.25. The number of aromatic nitrogens is 2. The molecule has 2 aromatic rings. The van der Waals surface area contributed by atoms with Gasteiger partial charge in [-0.2, -0.15) is 5.10 Å². The lowest BCUT2D eigenvalue weighted by Crippen LogP contribution is -2.16. The van der Waals surface area contributed by atoms with Crippen LogP contribution in [0.4, 0.5) is 0 Å². The van der Waals surface area contributed by atoms with Gasteiger partial charge in [-0.15, -0.1) is 0 Å². The van der Waals surface area contributed by atoms with Crippen LogP contribution in [0.3, 0.4) is 0 Å². The maximum atomic E-state index is 5.66. The Kier molecular flexibility index (Phi) is 3.77. The molecule has 0 atom stereocenters. The first-order valence-corrected chi connectivity index (χ1v) is 5.68. The van der Waals surface area contributed by atoms with E-state index in [-0.39, 0.29) is 0 Å². The van der Waals surface area contributed by atoms with Crippen molar-refractivity contribution in [3.63, 3.8) is 0 Å². The van der Waals surface area contributed by atoms with Gasteiger partial charge in [0.05, 0.1) is 6.20 Å². The molecule has 2 rings (SSSR count). The molecule has 0 aliphatic rings. The second-order valence-electron chi connectivity index (χ2n) is 3.92. The summed E-state index contributed by atoms with van der Waals surface area (Å²) in [5.41, 5.74) is 3.38. The van der Waals surface area contributed by atoms with Gasteiger partial charge in [0.1, 0.15) is 12.4 Å². The van der Waals surface area contributed by atoms with Gasteiger partial charge >= 0.3 is 0 Å². The Labute approximate surface area is 101 Å². The van der Waals surface area contributed by atoms with Crippen molar-refractivity contribution >= 4 is 0 Å². The third-order valence-electron chi connectivity index (χ3n) is 2.62. The fourth-order valence-electron chi connectivity index (χ4n) is 1.66. The molecule has 1 aromatic heterocycles. The van der Waals surface area contributed by atoms with Crippen LogP contribution < -0.4 is 10.1 Å². The van der Waals surface area contributed by atoms with Crippen molar-refractivity contribution in [2.45, 2.75) is 6.92 Å². The Balaban J connectivity index is 2.12. The molecule has 1 aromatic carbocycles. The molecule has 0 radical (unpaired) electrons. The van der Waals surface area contributed by atoms with Crippen molar-refractivity contribution in [1.29, 1.82) is 0 Å². The minimum Gasteiger partial charge on any atom is -0.492 e. The summed E-state index contributed by atoms with van der Waals surface area (Å²) in [6.45, 7) is 3.59. The highest BCUT2D eigenvalue weighted by Gasteiger charge is 2.03. The highest BCUT2D eigenvalue weighted by atomic mass is 16.5. The molecule has 0 saturated carbocycles. The zero-order chi connectivity index (χ0) is 12.1. The van der Waals surface area contributed by atoms with E-state index in [0.717, 1.165) is 29.0 Å². The fraction of sp³-hybridized carbons (Fsp3) is 0.308. The minimum absolute atomic E-state index is 0.683. The molecule has 0 aliphatic heterocycles. The minimum atomic E-state index is 0.683. The summed E-state index contributed by atoms with van der Waals surface area (Å²) in [5.74, 6) is 0.937. The Morgan fingerprint density at radius 1 is 1.35 bits per heavy atom. The Morgan fingerprint density at radius 3 is 2.88 bits per heavy atom. The maximum absolute atomic E-state index is 5.66. The van der Waals surface area contributed by atoms with Crippen LogP contribution in [-0.2, 0) is 0 Å². The van der Waals surface area contributed by atoms with Gasteiger partial charge in [-0.25, -0.2) is 0 Å². The van der Waals surface area contributed by atoms with E-state index in [1.807, 2.05) is 31.6 Å². The van der Waals surface area contributed by atoms with E-state index in [4.69, 9.17) is 4.74 Å². The van der Waals surface area contributed by atoms with Crippen molar-refractivity contribution < 1.29 is 4.74 Å². The Hall–Kier alpha value is -1.81. The van der Waals surface area contributed by atoms with Crippen molar-refractivity contribution in [3.05, 3.63) is 36.2 Å². The largest absolute Gasteiger partial charge is 0.492 e. The summed E-state index contributed by atoms with van der Waals surface area (Å²) >= 11 is 0. The zero-order valence-corrected chi connectivity index (χ0v) is 10.2. The van der Waals surface area contributed by atoms with Gasteiger partial charge in [0, 0.05) is 18.3 Å². The van der Waals surface area contributed by atoms with E-state index in [1.54, 1.807) is 0 Å². The maximum Gasteiger partial charge on any atom is 0.122 e. The summed E-state index contributed by atoms with van der Waals surface area (Å²) in [4.78, 5) is 0. The average molecular weight is 231 g/mol. The molecule has 0 aliphatic carbocycles. The summed E-state index contributed by atoms with van der Waals surface area (Å²) in [6.07, 6.45) is 3.70. The standard InChI is InChI=1S/C13H17N3O/c1-10-7-11(12-8-15-16-9-12)3-4-13(10)17-6-5-14-2/h3-4,7-9,14H,5-6H2,1-2H3,(H,15,16). The molecule has 0 saturated heterocycles. The summed E-state index contributed by atoms with van der Waals surface area (Å²) in [5, 5.41) is 9.82. The van der Waals surface area contributed by atoms with Crippen LogP contribution in [0, 0.1) is 6.92 Å². The summed E-state index contributed by atoms with van der Waals surface area (Å²) < 4.78 is 5.66. The van der Waals surface area contributed by atoms with Gasteiger partial charge < -0.3 is 10.1 Å². The number of likely N-dealkylation sites (N-methyl/N-ethyl adjacent to an activating group) is 1. The van der Waals surface area contributed by atoms with Crippen molar-refractivity contribution in [3.8, 4) is 16.9 Å². The first kappa shape index (κ1) is 11.7. The molecule has 0 amide bonds. The summed E-state index contributed by atoms with van der Waals surface area (Å²) in [7, 11) is 1.91. The van der Waals surface area contributed by atoms with Gasteiger partial charge in [0.2, 0.25) is 0 Å². The SMILES string of the molecule is CNCCOc1ccc(-c2cn[nH]c2)cc1C. The highest BCUT2D eigenvalue weighted by molar-refractivity contribution is 5.63. The molecule has 4 heteroatoms. The van der Waals surface area contributed by atoms with Crippen LogP contribution in [0.2, 0.25) is 0 Å². The third-order valence-corrected chi connectivity index (χ3v) is 2.62. The van der Waals surface area contributed by atoms with Gasteiger partial charge in [-0.3, -0.25) is 5.10 Å². The van der Waals surface area contributed by atoms with Crippen molar-refractivity contribution in [2.24, 2.45) is 0 Å². The monoisotopic (exact) mass is 231 g/mol. The van der Waals surface area contributed by atoms with Gasteiger partial charge in [-0.1, -0.05) is 6.07 Å². The number of hydrogen-bond donors (Lipinski definition) is 2. The first-order valence-electron chi connectivity index (χ1n) is 5.68. The molecule has 0 unspecified atom stereocenters. The molecule has 17 heavy (non-hydrogen) atoms. The van der Waals surface area contributed by atoms with E-state index >= 15 is 0 Å². The number of nitrogens with one attached hydrogen (secondary N) is 2. The molecule has 0 fully saturated rings. The number of benzene rings is 1. The van der Waals surface area contributed by atoms with Crippen LogP contribution in [-0.4, -0.2) is 30.4 Å². The number of hydrogen-bond acceptors (Lipinski definition) is 3. The number of ether oxygens (including phenoxy) is 1. The lowest BCUT2D eigenvalue weighted by Gasteiger charge is -2.09. The van der Waals surface area contributed by atoms with Gasteiger partial charge in [0.25, 0.3) is 0 Å². The Morgan fingerprint density at radius 2 is 2.24 bits per heavy atom. The number of nitrogens with zero attached hydrogens (tertiary/aromatic N) is 1. The summed E-state index contributed by atoms with van der Waals surface area (Å²) in [6, 6.07) is 6.17. The zero-order valence-electron chi connectivity index (χ0n) is 10.2. The predicted molar refractivity (Wildman–Crippen MR) is 68.2 cm³/mol. The third kappa shape index (κ3) is 2.85. The molecular formula is C13H17N3O. The number of rotatable bonds is 5. The second-order valence-corrected chi connectivity index (χ2v) is 3.92. The number of aryl methyl sites for hydroxylation is 1.